The molecule has 0 aromatic heterocycles. The van der Waals surface area contributed by atoms with Crippen LogP contribution in [0.2, 0.25) is 0 Å². The van der Waals surface area contributed by atoms with Crippen LogP contribution in [0.3, 0.4) is 0 Å². The van der Waals surface area contributed by atoms with Crippen molar-refractivity contribution in [2.75, 3.05) is 18.4 Å². The maximum absolute atomic E-state index is 13.1. The SMILES string of the molecule is CC(C(O)c1ccc2c(c1)CCCC(=O)N2)N1CCC(Cc2ccc(F)cc2)CC1. The van der Waals surface area contributed by atoms with Gasteiger partial charge in [-0.2, -0.15) is 0 Å². The fourth-order valence-electron chi connectivity index (χ4n) is 4.77. The number of piperidine rings is 1. The lowest BCUT2D eigenvalue weighted by atomic mass is 9.88. The van der Waals surface area contributed by atoms with E-state index in [4.69, 9.17) is 0 Å². The fraction of sp³-hybridized carbons (Fsp3) is 0.480. The number of aryl methyl sites for hydroxylation is 1. The van der Waals surface area contributed by atoms with Crippen LogP contribution in [0.15, 0.2) is 42.5 Å². The average molecular weight is 411 g/mol. The summed E-state index contributed by atoms with van der Waals surface area (Å²) >= 11 is 0. The van der Waals surface area contributed by atoms with E-state index >= 15 is 0 Å². The van der Waals surface area contributed by atoms with Crippen molar-refractivity contribution in [1.29, 1.82) is 0 Å². The van der Waals surface area contributed by atoms with Gasteiger partial charge in [-0.25, -0.2) is 4.39 Å². The van der Waals surface area contributed by atoms with Crippen LogP contribution in [-0.4, -0.2) is 35.0 Å². The minimum absolute atomic E-state index is 0.0372. The van der Waals surface area contributed by atoms with Crippen LogP contribution in [0.5, 0.6) is 0 Å². The highest BCUT2D eigenvalue weighted by Gasteiger charge is 2.28. The molecule has 160 valence electrons. The first-order valence-electron chi connectivity index (χ1n) is 11.1. The second kappa shape index (κ2) is 9.27. The van der Waals surface area contributed by atoms with Crippen molar-refractivity contribution in [3.05, 3.63) is 65.0 Å². The minimum Gasteiger partial charge on any atom is -0.387 e. The maximum Gasteiger partial charge on any atom is 0.224 e. The molecule has 2 aliphatic heterocycles. The largest absolute Gasteiger partial charge is 0.387 e. The molecular weight excluding hydrogens is 379 g/mol. The number of amides is 1. The van der Waals surface area contributed by atoms with Crippen LogP contribution in [0, 0.1) is 11.7 Å². The van der Waals surface area contributed by atoms with Crippen molar-refractivity contribution < 1.29 is 14.3 Å². The summed E-state index contributed by atoms with van der Waals surface area (Å²) in [4.78, 5) is 14.1. The molecule has 1 saturated heterocycles. The molecule has 2 aromatic rings. The number of nitrogens with zero attached hydrogens (tertiary/aromatic N) is 1. The number of hydrogen-bond acceptors (Lipinski definition) is 3. The first kappa shape index (κ1) is 21.0. The first-order chi connectivity index (χ1) is 14.5. The fourth-order valence-corrected chi connectivity index (χ4v) is 4.77. The number of likely N-dealkylation sites (tertiary alicyclic amines) is 1. The lowest BCUT2D eigenvalue weighted by Crippen LogP contribution is -2.43. The summed E-state index contributed by atoms with van der Waals surface area (Å²) in [5.74, 6) is 0.489. The molecule has 0 bridgehead atoms. The van der Waals surface area contributed by atoms with Gasteiger partial charge in [-0.3, -0.25) is 9.69 Å². The third-order valence-corrected chi connectivity index (χ3v) is 6.71. The molecule has 0 spiro atoms. The molecule has 2 heterocycles. The van der Waals surface area contributed by atoms with E-state index in [0.29, 0.717) is 12.3 Å². The van der Waals surface area contributed by atoms with Crippen molar-refractivity contribution in [1.82, 2.24) is 4.90 Å². The molecule has 2 N–H and O–H groups in total. The van der Waals surface area contributed by atoms with Gasteiger partial charge < -0.3 is 10.4 Å². The number of rotatable bonds is 5. The highest BCUT2D eigenvalue weighted by atomic mass is 19.1. The molecule has 4 nitrogen and oxygen atoms in total. The molecule has 1 amide bonds. The Bertz CT molecular complexity index is 875. The van der Waals surface area contributed by atoms with Gasteiger partial charge in [-0.1, -0.05) is 24.3 Å². The lowest BCUT2D eigenvalue weighted by molar-refractivity contribution is -0.116. The standard InChI is InChI=1S/C25H31FN2O2/c1-17(25(30)21-7-10-23-20(16-21)3-2-4-24(29)27-23)28-13-11-19(12-14-28)15-18-5-8-22(26)9-6-18/h5-10,16-17,19,25,30H,2-4,11-15H2,1H3,(H,27,29). The summed E-state index contributed by atoms with van der Waals surface area (Å²) < 4.78 is 13.1. The Morgan fingerprint density at radius 1 is 1.13 bits per heavy atom. The zero-order valence-electron chi connectivity index (χ0n) is 17.6. The Morgan fingerprint density at radius 2 is 1.87 bits per heavy atom. The van der Waals surface area contributed by atoms with Crippen molar-refractivity contribution >= 4 is 11.6 Å². The molecule has 0 saturated carbocycles. The van der Waals surface area contributed by atoms with Gasteiger partial charge in [0.05, 0.1) is 6.10 Å². The normalized spacial score (nSPS) is 20.2. The number of aliphatic hydroxyl groups is 1. The van der Waals surface area contributed by atoms with Gasteiger partial charge in [-0.15, -0.1) is 0 Å². The molecule has 1 fully saturated rings. The minimum atomic E-state index is -0.553. The number of anilines is 1. The number of carbonyl (C=O) groups is 1. The van der Waals surface area contributed by atoms with E-state index in [-0.39, 0.29) is 17.8 Å². The van der Waals surface area contributed by atoms with Gasteiger partial charge in [0.25, 0.3) is 0 Å². The molecule has 4 rings (SSSR count). The van der Waals surface area contributed by atoms with Crippen molar-refractivity contribution in [2.45, 2.75) is 57.6 Å². The average Bonchev–Trinajstić information content (AvgIpc) is 2.94. The second-order valence-corrected chi connectivity index (χ2v) is 8.81. The van der Waals surface area contributed by atoms with E-state index in [0.717, 1.165) is 62.0 Å². The zero-order chi connectivity index (χ0) is 21.1. The quantitative estimate of drug-likeness (QED) is 0.764. The maximum atomic E-state index is 13.1. The zero-order valence-corrected chi connectivity index (χ0v) is 17.6. The highest BCUT2D eigenvalue weighted by Crippen LogP contribution is 2.30. The summed E-state index contributed by atoms with van der Waals surface area (Å²) in [5, 5.41) is 14.0. The summed E-state index contributed by atoms with van der Waals surface area (Å²) in [6.07, 6.45) is 4.86. The third kappa shape index (κ3) is 4.90. The monoisotopic (exact) mass is 410 g/mol. The van der Waals surface area contributed by atoms with Crippen LogP contribution in [0.25, 0.3) is 0 Å². The van der Waals surface area contributed by atoms with E-state index in [1.165, 1.54) is 17.7 Å². The molecular formula is C25H31FN2O2. The molecule has 0 radical (unpaired) electrons. The van der Waals surface area contributed by atoms with Gasteiger partial charge in [0.15, 0.2) is 0 Å². The van der Waals surface area contributed by atoms with Crippen molar-refractivity contribution in [2.24, 2.45) is 5.92 Å². The van der Waals surface area contributed by atoms with E-state index in [9.17, 15) is 14.3 Å². The van der Waals surface area contributed by atoms with E-state index in [1.807, 2.05) is 24.3 Å². The van der Waals surface area contributed by atoms with Gasteiger partial charge in [0, 0.05) is 18.2 Å². The number of fused-ring (bicyclic) bond motifs is 1. The Kier molecular flexibility index (Phi) is 6.49. The van der Waals surface area contributed by atoms with E-state index in [2.05, 4.69) is 23.2 Å². The Hall–Kier alpha value is -2.24. The number of nitrogens with one attached hydrogen (secondary N) is 1. The number of hydrogen-bond donors (Lipinski definition) is 2. The van der Waals surface area contributed by atoms with Crippen molar-refractivity contribution in [3.8, 4) is 0 Å². The second-order valence-electron chi connectivity index (χ2n) is 8.81. The lowest BCUT2D eigenvalue weighted by Gasteiger charge is -2.38. The van der Waals surface area contributed by atoms with Gasteiger partial charge in [0.1, 0.15) is 5.82 Å². The number of benzene rings is 2. The highest BCUT2D eigenvalue weighted by molar-refractivity contribution is 5.92. The van der Waals surface area contributed by atoms with Crippen LogP contribution in [0.1, 0.15) is 55.4 Å². The van der Waals surface area contributed by atoms with Gasteiger partial charge in [0.2, 0.25) is 5.91 Å². The Morgan fingerprint density at radius 3 is 2.60 bits per heavy atom. The van der Waals surface area contributed by atoms with Gasteiger partial charge >= 0.3 is 0 Å². The Balaban J connectivity index is 1.34. The van der Waals surface area contributed by atoms with Crippen LogP contribution in [0.4, 0.5) is 10.1 Å². The molecule has 5 heteroatoms. The summed E-state index contributed by atoms with van der Waals surface area (Å²) in [7, 11) is 0. The summed E-state index contributed by atoms with van der Waals surface area (Å²) in [6, 6.07) is 12.8. The molecule has 2 atom stereocenters. The number of aliphatic hydroxyl groups excluding tert-OH is 1. The van der Waals surface area contributed by atoms with Crippen molar-refractivity contribution in [3.63, 3.8) is 0 Å². The number of halogens is 1. The summed E-state index contributed by atoms with van der Waals surface area (Å²) in [6.45, 7) is 4.02. The molecule has 30 heavy (non-hydrogen) atoms. The predicted molar refractivity (Wildman–Crippen MR) is 117 cm³/mol. The molecule has 2 aromatic carbocycles. The van der Waals surface area contributed by atoms with Gasteiger partial charge in [-0.05, 0) is 92.9 Å². The van der Waals surface area contributed by atoms with Crippen LogP contribution in [-0.2, 0) is 17.6 Å². The Labute approximate surface area is 178 Å². The molecule has 2 aliphatic rings. The predicted octanol–water partition coefficient (Wildman–Crippen LogP) is 4.48. The van der Waals surface area contributed by atoms with E-state index < -0.39 is 6.10 Å². The smallest absolute Gasteiger partial charge is 0.224 e. The number of carbonyl (C=O) groups excluding carboxylic acids is 1. The third-order valence-electron chi connectivity index (χ3n) is 6.71. The molecule has 0 aliphatic carbocycles. The van der Waals surface area contributed by atoms with Crippen LogP contribution >= 0.6 is 0 Å². The summed E-state index contributed by atoms with van der Waals surface area (Å²) in [5.41, 5.74) is 4.11. The van der Waals surface area contributed by atoms with E-state index in [1.54, 1.807) is 0 Å². The topological polar surface area (TPSA) is 52.6 Å². The van der Waals surface area contributed by atoms with Crippen LogP contribution < -0.4 is 5.32 Å². The molecule has 2 unspecified atom stereocenters. The first-order valence-corrected chi connectivity index (χ1v) is 11.1.